The summed E-state index contributed by atoms with van der Waals surface area (Å²) < 4.78 is 0. The summed E-state index contributed by atoms with van der Waals surface area (Å²) in [5.74, 6) is 0. The molecule has 0 bridgehead atoms. The molecule has 1 N–H and O–H groups in total. The third-order valence-corrected chi connectivity index (χ3v) is 5.31. The maximum absolute atomic E-state index is 5.81. The average Bonchev–Trinajstić information content (AvgIpc) is 2.72. The third kappa shape index (κ3) is 5.93. The summed E-state index contributed by atoms with van der Waals surface area (Å²) >= 11 is 5.81. The molecule has 0 fully saturated rings. The first-order chi connectivity index (χ1) is 13.6. The lowest BCUT2D eigenvalue weighted by molar-refractivity contribution is 0.432. The number of nitrogens with zero attached hydrogens (tertiary/aromatic N) is 1. The Labute approximate surface area is 174 Å². The van der Waals surface area contributed by atoms with E-state index in [0.717, 1.165) is 36.7 Å². The molecule has 0 saturated carbocycles. The normalized spacial score (nSPS) is 10.5. The van der Waals surface area contributed by atoms with Crippen molar-refractivity contribution < 1.29 is 0 Å². The highest BCUT2D eigenvalue weighted by molar-refractivity contribution is 7.80. The largest absolute Gasteiger partial charge is 0.348 e. The molecule has 3 rings (SSSR count). The Morgan fingerprint density at radius 2 is 1.32 bits per heavy atom. The van der Waals surface area contributed by atoms with Crippen LogP contribution in [0.2, 0.25) is 0 Å². The molecule has 0 amide bonds. The fourth-order valence-corrected chi connectivity index (χ4v) is 3.49. The van der Waals surface area contributed by atoms with Gasteiger partial charge >= 0.3 is 0 Å². The quantitative estimate of drug-likeness (QED) is 0.516. The molecule has 28 heavy (non-hydrogen) atoms. The lowest BCUT2D eigenvalue weighted by Gasteiger charge is -2.27. The van der Waals surface area contributed by atoms with Gasteiger partial charge in [-0.2, -0.15) is 0 Å². The van der Waals surface area contributed by atoms with Gasteiger partial charge in [-0.1, -0.05) is 72.8 Å². The van der Waals surface area contributed by atoms with Crippen LogP contribution in [0.5, 0.6) is 0 Å². The Morgan fingerprint density at radius 1 is 0.786 bits per heavy atom. The summed E-state index contributed by atoms with van der Waals surface area (Å²) in [6.45, 7) is 6.01. The summed E-state index contributed by atoms with van der Waals surface area (Å²) in [5, 5.41) is 4.27. The molecule has 0 atom stereocenters. The van der Waals surface area contributed by atoms with E-state index >= 15 is 0 Å². The second kappa shape index (κ2) is 10.0. The molecule has 3 aromatic rings. The third-order valence-electron chi connectivity index (χ3n) is 4.95. The van der Waals surface area contributed by atoms with E-state index in [1.54, 1.807) is 0 Å². The van der Waals surface area contributed by atoms with Crippen molar-refractivity contribution in [3.63, 3.8) is 0 Å². The van der Waals surface area contributed by atoms with Crippen LogP contribution in [0.25, 0.3) is 0 Å². The minimum Gasteiger partial charge on any atom is -0.348 e. The molecule has 0 aliphatic carbocycles. The average molecular weight is 389 g/mol. The summed E-state index contributed by atoms with van der Waals surface area (Å²) in [6, 6.07) is 27.6. The molecule has 0 aromatic heterocycles. The molecule has 0 saturated heterocycles. The molecule has 0 radical (unpaired) electrons. The number of nitrogens with one attached hydrogen (secondary N) is 1. The zero-order chi connectivity index (χ0) is 19.8. The summed E-state index contributed by atoms with van der Waals surface area (Å²) in [4.78, 5) is 2.29. The maximum atomic E-state index is 5.81. The van der Waals surface area contributed by atoms with Gasteiger partial charge in [0.25, 0.3) is 0 Å². The van der Waals surface area contributed by atoms with Gasteiger partial charge in [-0.3, -0.25) is 0 Å². The van der Waals surface area contributed by atoms with Crippen LogP contribution in [0.4, 0.5) is 5.69 Å². The maximum Gasteiger partial charge on any atom is 0.173 e. The van der Waals surface area contributed by atoms with Crippen molar-refractivity contribution in [2.45, 2.75) is 26.7 Å². The Hall–Kier alpha value is -2.65. The number of benzene rings is 3. The second-order valence-electron chi connectivity index (χ2n) is 7.21. The predicted molar refractivity (Wildman–Crippen MR) is 124 cm³/mol. The van der Waals surface area contributed by atoms with E-state index in [1.165, 1.54) is 22.3 Å². The van der Waals surface area contributed by atoms with Crippen molar-refractivity contribution in [3.8, 4) is 0 Å². The van der Waals surface area contributed by atoms with Crippen molar-refractivity contribution in [1.82, 2.24) is 4.90 Å². The number of thiocarbonyl (C=S) groups is 1. The van der Waals surface area contributed by atoms with Gasteiger partial charge < -0.3 is 10.2 Å². The number of hydrogen-bond acceptors (Lipinski definition) is 1. The smallest absolute Gasteiger partial charge is 0.173 e. The number of rotatable bonds is 7. The Balaban J connectivity index is 1.69. The van der Waals surface area contributed by atoms with Crippen molar-refractivity contribution in [1.29, 1.82) is 0 Å². The van der Waals surface area contributed by atoms with Crippen LogP contribution in [0.3, 0.4) is 0 Å². The Kier molecular flexibility index (Phi) is 7.21. The van der Waals surface area contributed by atoms with E-state index in [9.17, 15) is 0 Å². The summed E-state index contributed by atoms with van der Waals surface area (Å²) in [5.41, 5.74) is 6.20. The topological polar surface area (TPSA) is 15.3 Å². The van der Waals surface area contributed by atoms with Gasteiger partial charge in [0, 0.05) is 18.8 Å². The van der Waals surface area contributed by atoms with Crippen molar-refractivity contribution in [2.75, 3.05) is 18.4 Å². The van der Waals surface area contributed by atoms with Gasteiger partial charge in [0.15, 0.2) is 5.11 Å². The standard InChI is InChI=1S/C25H28N2S/c1-20-13-14-21(2)24(19-20)26-25(28)27(17-15-22-9-5-3-6-10-22)18-16-23-11-7-4-8-12-23/h3-14,19H,15-18H2,1-2H3,(H,26,28). The lowest BCUT2D eigenvalue weighted by atomic mass is 10.1. The lowest BCUT2D eigenvalue weighted by Crippen LogP contribution is -2.38. The molecule has 3 aromatic carbocycles. The van der Waals surface area contributed by atoms with Gasteiger partial charge in [-0.25, -0.2) is 0 Å². The summed E-state index contributed by atoms with van der Waals surface area (Å²) in [6.07, 6.45) is 1.95. The zero-order valence-corrected chi connectivity index (χ0v) is 17.5. The van der Waals surface area contributed by atoms with E-state index in [4.69, 9.17) is 12.2 Å². The SMILES string of the molecule is Cc1ccc(C)c(NC(=S)N(CCc2ccccc2)CCc2ccccc2)c1. The first-order valence-electron chi connectivity index (χ1n) is 9.83. The van der Waals surface area contributed by atoms with Crippen LogP contribution < -0.4 is 5.32 Å². The number of anilines is 1. The number of aryl methyl sites for hydroxylation is 2. The molecule has 0 aliphatic heterocycles. The van der Waals surface area contributed by atoms with E-state index in [1.807, 2.05) is 0 Å². The molecule has 0 spiro atoms. The molecule has 2 nitrogen and oxygen atoms in total. The molecular formula is C25H28N2S. The molecule has 0 heterocycles. The van der Waals surface area contributed by atoms with E-state index in [2.05, 4.69) is 103 Å². The van der Waals surface area contributed by atoms with Crippen LogP contribution in [-0.2, 0) is 12.8 Å². The van der Waals surface area contributed by atoms with E-state index < -0.39 is 0 Å². The minimum absolute atomic E-state index is 0.792. The Morgan fingerprint density at radius 3 is 1.86 bits per heavy atom. The molecule has 144 valence electrons. The predicted octanol–water partition coefficient (Wildman–Crippen LogP) is 5.79. The molecular weight excluding hydrogens is 360 g/mol. The van der Waals surface area contributed by atoms with Crippen LogP contribution in [0.15, 0.2) is 78.9 Å². The first kappa shape index (κ1) is 20.1. The van der Waals surface area contributed by atoms with Crippen LogP contribution in [0, 0.1) is 13.8 Å². The summed E-state index contributed by atoms with van der Waals surface area (Å²) in [7, 11) is 0. The van der Waals surface area contributed by atoms with Crippen LogP contribution >= 0.6 is 12.2 Å². The van der Waals surface area contributed by atoms with Crippen LogP contribution in [-0.4, -0.2) is 23.1 Å². The molecule has 3 heteroatoms. The highest BCUT2D eigenvalue weighted by Crippen LogP contribution is 2.17. The number of hydrogen-bond donors (Lipinski definition) is 1. The van der Waals surface area contributed by atoms with Gasteiger partial charge in [0.05, 0.1) is 0 Å². The van der Waals surface area contributed by atoms with Crippen LogP contribution in [0.1, 0.15) is 22.3 Å². The van der Waals surface area contributed by atoms with Crippen molar-refractivity contribution >= 4 is 23.0 Å². The molecule has 0 aliphatic rings. The zero-order valence-electron chi connectivity index (χ0n) is 16.7. The van der Waals surface area contributed by atoms with Gasteiger partial charge in [-0.15, -0.1) is 0 Å². The van der Waals surface area contributed by atoms with E-state index in [0.29, 0.717) is 0 Å². The second-order valence-corrected chi connectivity index (χ2v) is 7.59. The minimum atomic E-state index is 0.792. The monoisotopic (exact) mass is 388 g/mol. The van der Waals surface area contributed by atoms with Gasteiger partial charge in [0.1, 0.15) is 0 Å². The fourth-order valence-electron chi connectivity index (χ4n) is 3.20. The highest BCUT2D eigenvalue weighted by Gasteiger charge is 2.12. The highest BCUT2D eigenvalue weighted by atomic mass is 32.1. The fraction of sp³-hybridized carbons (Fsp3) is 0.240. The molecule has 0 unspecified atom stereocenters. The van der Waals surface area contributed by atoms with E-state index in [-0.39, 0.29) is 0 Å². The van der Waals surface area contributed by atoms with Gasteiger partial charge in [-0.05, 0) is 67.2 Å². The van der Waals surface area contributed by atoms with Gasteiger partial charge in [0.2, 0.25) is 0 Å². The first-order valence-corrected chi connectivity index (χ1v) is 10.2. The Bertz CT molecular complexity index is 847. The van der Waals surface area contributed by atoms with Crippen molar-refractivity contribution in [3.05, 3.63) is 101 Å². The van der Waals surface area contributed by atoms with Crippen molar-refractivity contribution in [2.24, 2.45) is 0 Å².